The Hall–Kier alpha value is -2.11. The van der Waals surface area contributed by atoms with Crippen molar-refractivity contribution in [1.29, 1.82) is 0 Å². The second kappa shape index (κ2) is 9.89. The van der Waals surface area contributed by atoms with Gasteiger partial charge in [0.1, 0.15) is 11.6 Å². The van der Waals surface area contributed by atoms with E-state index in [1.165, 1.54) is 19.2 Å². The molecule has 0 saturated heterocycles. The van der Waals surface area contributed by atoms with Crippen molar-refractivity contribution in [3.8, 4) is 0 Å². The van der Waals surface area contributed by atoms with Crippen molar-refractivity contribution in [3.05, 3.63) is 40.7 Å². The molecule has 0 radical (unpaired) electrons. The lowest BCUT2D eigenvalue weighted by molar-refractivity contribution is -0.121. The maximum atomic E-state index is 13.0. The summed E-state index contributed by atoms with van der Waals surface area (Å²) >= 11 is 5.11. The number of benzene rings is 1. The molecule has 8 nitrogen and oxygen atoms in total. The molecule has 1 heterocycles. The number of amides is 1. The van der Waals surface area contributed by atoms with E-state index in [-0.39, 0.29) is 23.8 Å². The molecule has 28 heavy (non-hydrogen) atoms. The van der Waals surface area contributed by atoms with Crippen LogP contribution >= 0.6 is 12.2 Å². The Kier molecular flexibility index (Phi) is 7.84. The van der Waals surface area contributed by atoms with Crippen LogP contribution in [-0.4, -0.2) is 53.5 Å². The van der Waals surface area contributed by atoms with Crippen molar-refractivity contribution in [2.75, 3.05) is 20.1 Å². The van der Waals surface area contributed by atoms with E-state index in [0.29, 0.717) is 30.7 Å². The number of sulfonamides is 1. The first-order valence-electron chi connectivity index (χ1n) is 8.88. The highest BCUT2D eigenvalue weighted by Crippen LogP contribution is 2.15. The van der Waals surface area contributed by atoms with Crippen molar-refractivity contribution in [3.63, 3.8) is 0 Å². The van der Waals surface area contributed by atoms with Crippen LogP contribution in [0, 0.1) is 10.6 Å². The Labute approximate surface area is 168 Å². The molecule has 2 aromatic rings. The van der Waals surface area contributed by atoms with E-state index < -0.39 is 15.8 Å². The number of H-pyrrole nitrogens is 1. The zero-order valence-electron chi connectivity index (χ0n) is 15.8. The lowest BCUT2D eigenvalue weighted by Crippen LogP contribution is -2.30. The summed E-state index contributed by atoms with van der Waals surface area (Å²) in [7, 11) is -2.27. The SMILES string of the molecule is CCn1c(CCNC(=O)CCCN(C)S(=O)(=O)c2ccc(F)cc2)n[nH]c1=S. The highest BCUT2D eigenvalue weighted by molar-refractivity contribution is 7.89. The third kappa shape index (κ3) is 5.69. The number of aromatic nitrogens is 3. The number of rotatable bonds is 10. The fourth-order valence-electron chi connectivity index (χ4n) is 2.64. The van der Waals surface area contributed by atoms with Gasteiger partial charge < -0.3 is 9.88 Å². The van der Waals surface area contributed by atoms with Gasteiger partial charge in [0.15, 0.2) is 4.77 Å². The standard InChI is InChI=1S/C17H24FN5O3S2/c1-3-23-15(20-21-17(23)27)10-11-19-16(24)5-4-12-22(2)28(25,26)14-8-6-13(18)7-9-14/h6-9H,3-5,10-12H2,1-2H3,(H,19,24)(H,21,27). The Morgan fingerprint density at radius 1 is 1.36 bits per heavy atom. The molecule has 0 saturated carbocycles. The van der Waals surface area contributed by atoms with Gasteiger partial charge in [-0.3, -0.25) is 9.89 Å². The Bertz CT molecular complexity index is 954. The van der Waals surface area contributed by atoms with Gasteiger partial charge in [0, 0.05) is 39.5 Å². The first-order chi connectivity index (χ1) is 13.3. The average molecular weight is 430 g/mol. The van der Waals surface area contributed by atoms with Crippen molar-refractivity contribution in [1.82, 2.24) is 24.4 Å². The maximum absolute atomic E-state index is 13.0. The van der Waals surface area contributed by atoms with Gasteiger partial charge in [-0.15, -0.1) is 0 Å². The van der Waals surface area contributed by atoms with Gasteiger partial charge in [0.2, 0.25) is 15.9 Å². The van der Waals surface area contributed by atoms with Crippen LogP contribution in [0.3, 0.4) is 0 Å². The lowest BCUT2D eigenvalue weighted by Gasteiger charge is -2.17. The molecule has 154 valence electrons. The molecule has 0 unspecified atom stereocenters. The zero-order chi connectivity index (χ0) is 20.7. The van der Waals surface area contributed by atoms with Crippen LogP contribution in [-0.2, 0) is 27.8 Å². The van der Waals surface area contributed by atoms with Crippen molar-refractivity contribution < 1.29 is 17.6 Å². The second-order valence-electron chi connectivity index (χ2n) is 6.17. The number of hydrogen-bond acceptors (Lipinski definition) is 5. The number of carbonyl (C=O) groups excluding carboxylic acids is 1. The van der Waals surface area contributed by atoms with E-state index in [1.807, 2.05) is 11.5 Å². The summed E-state index contributed by atoms with van der Waals surface area (Å²) in [6.07, 6.45) is 1.12. The molecule has 0 aliphatic carbocycles. The Balaban J connectivity index is 1.75. The molecular formula is C17H24FN5O3S2. The predicted octanol–water partition coefficient (Wildman–Crippen LogP) is 1.86. The van der Waals surface area contributed by atoms with Crippen LogP contribution in [0.25, 0.3) is 0 Å². The van der Waals surface area contributed by atoms with Gasteiger partial charge in [-0.2, -0.15) is 5.10 Å². The first kappa shape index (κ1) is 22.2. The number of hydrogen-bond donors (Lipinski definition) is 2. The number of halogens is 1. The molecule has 1 aromatic heterocycles. The fourth-order valence-corrected chi connectivity index (χ4v) is 4.13. The van der Waals surface area contributed by atoms with E-state index in [4.69, 9.17) is 12.2 Å². The highest BCUT2D eigenvalue weighted by atomic mass is 32.2. The van der Waals surface area contributed by atoms with Crippen molar-refractivity contribution in [2.45, 2.75) is 37.6 Å². The zero-order valence-corrected chi connectivity index (χ0v) is 17.4. The molecule has 0 atom stereocenters. The summed E-state index contributed by atoms with van der Waals surface area (Å²) in [5.41, 5.74) is 0. The molecule has 0 bridgehead atoms. The van der Waals surface area contributed by atoms with E-state index in [1.54, 1.807) is 0 Å². The third-order valence-corrected chi connectivity index (χ3v) is 6.41. The van der Waals surface area contributed by atoms with Crippen LogP contribution < -0.4 is 5.32 Å². The molecule has 0 fully saturated rings. The number of carbonyl (C=O) groups is 1. The maximum Gasteiger partial charge on any atom is 0.242 e. The minimum Gasteiger partial charge on any atom is -0.356 e. The molecule has 0 aliphatic rings. The molecule has 0 aliphatic heterocycles. The molecule has 1 aromatic carbocycles. The van der Waals surface area contributed by atoms with E-state index in [2.05, 4.69) is 15.5 Å². The topological polar surface area (TPSA) is 100 Å². The lowest BCUT2D eigenvalue weighted by atomic mass is 10.3. The van der Waals surface area contributed by atoms with Gasteiger partial charge in [-0.25, -0.2) is 17.1 Å². The summed E-state index contributed by atoms with van der Waals surface area (Å²) in [4.78, 5) is 12.0. The van der Waals surface area contributed by atoms with Crippen molar-refractivity contribution in [2.24, 2.45) is 0 Å². The monoisotopic (exact) mass is 429 g/mol. The highest BCUT2D eigenvalue weighted by Gasteiger charge is 2.20. The summed E-state index contributed by atoms with van der Waals surface area (Å²) in [5, 5.41) is 9.64. The van der Waals surface area contributed by atoms with Crippen LogP contribution in [0.15, 0.2) is 29.2 Å². The minimum atomic E-state index is -3.70. The summed E-state index contributed by atoms with van der Waals surface area (Å²) in [6, 6.07) is 4.65. The summed E-state index contributed by atoms with van der Waals surface area (Å²) in [6.45, 7) is 3.27. The molecular weight excluding hydrogens is 405 g/mol. The van der Waals surface area contributed by atoms with E-state index in [9.17, 15) is 17.6 Å². The molecule has 2 rings (SSSR count). The largest absolute Gasteiger partial charge is 0.356 e. The quantitative estimate of drug-likeness (QED) is 0.562. The minimum absolute atomic E-state index is 0.0187. The first-order valence-corrected chi connectivity index (χ1v) is 10.7. The van der Waals surface area contributed by atoms with Gasteiger partial charge in [-0.1, -0.05) is 0 Å². The van der Waals surface area contributed by atoms with Gasteiger partial charge >= 0.3 is 0 Å². The molecule has 11 heteroatoms. The number of nitrogens with zero attached hydrogens (tertiary/aromatic N) is 3. The summed E-state index contributed by atoms with van der Waals surface area (Å²) in [5.74, 6) is 0.115. The fraction of sp³-hybridized carbons (Fsp3) is 0.471. The van der Waals surface area contributed by atoms with Gasteiger partial charge in [-0.05, 0) is 49.8 Å². The Morgan fingerprint density at radius 2 is 2.04 bits per heavy atom. The van der Waals surface area contributed by atoms with E-state index >= 15 is 0 Å². The van der Waals surface area contributed by atoms with Crippen LogP contribution in [0.4, 0.5) is 4.39 Å². The molecule has 1 amide bonds. The normalized spacial score (nSPS) is 11.7. The number of aromatic amines is 1. The predicted molar refractivity (Wildman–Crippen MR) is 105 cm³/mol. The third-order valence-electron chi connectivity index (χ3n) is 4.22. The van der Waals surface area contributed by atoms with E-state index in [0.717, 1.165) is 22.3 Å². The van der Waals surface area contributed by atoms with Gasteiger partial charge in [0.25, 0.3) is 0 Å². The second-order valence-corrected chi connectivity index (χ2v) is 8.60. The summed E-state index contributed by atoms with van der Waals surface area (Å²) < 4.78 is 41.3. The molecule has 2 N–H and O–H groups in total. The van der Waals surface area contributed by atoms with Crippen molar-refractivity contribution >= 4 is 28.1 Å². The van der Waals surface area contributed by atoms with Crippen LogP contribution in [0.1, 0.15) is 25.6 Å². The van der Waals surface area contributed by atoms with Crippen LogP contribution in [0.2, 0.25) is 0 Å². The Morgan fingerprint density at radius 3 is 2.68 bits per heavy atom. The average Bonchev–Trinajstić information content (AvgIpc) is 3.01. The number of nitrogens with one attached hydrogen (secondary N) is 2. The molecule has 0 spiro atoms. The van der Waals surface area contributed by atoms with Crippen LogP contribution in [0.5, 0.6) is 0 Å². The smallest absolute Gasteiger partial charge is 0.242 e. The van der Waals surface area contributed by atoms with Gasteiger partial charge in [0.05, 0.1) is 4.90 Å².